The summed E-state index contributed by atoms with van der Waals surface area (Å²) >= 11 is 0. The van der Waals surface area contributed by atoms with E-state index in [2.05, 4.69) is 14.7 Å². The van der Waals surface area contributed by atoms with Gasteiger partial charge in [0, 0.05) is 45.8 Å². The summed E-state index contributed by atoms with van der Waals surface area (Å²) in [6.45, 7) is 9.05. The number of nitrogens with zero attached hydrogens (tertiary/aromatic N) is 3. The van der Waals surface area contributed by atoms with Gasteiger partial charge < -0.3 is 10.0 Å². The lowest BCUT2D eigenvalue weighted by molar-refractivity contribution is -0.132. The van der Waals surface area contributed by atoms with Gasteiger partial charge in [-0.15, -0.1) is 0 Å². The van der Waals surface area contributed by atoms with Crippen LogP contribution >= 0.6 is 0 Å². The summed E-state index contributed by atoms with van der Waals surface area (Å²) in [6, 6.07) is 0. The number of carbonyl (C=O) groups is 1. The van der Waals surface area contributed by atoms with Gasteiger partial charge in [-0.3, -0.25) is 14.6 Å². The quantitative estimate of drug-likeness (QED) is 0.814. The van der Waals surface area contributed by atoms with Gasteiger partial charge in [0.25, 0.3) is 0 Å². The fourth-order valence-corrected chi connectivity index (χ4v) is 3.17. The molecular weight excluding hydrogens is 266 g/mol. The molecule has 0 aromatic carbocycles. The lowest BCUT2D eigenvalue weighted by atomic mass is 10.2. The molecule has 122 valence electrons. The second-order valence-corrected chi connectivity index (χ2v) is 6.43. The monoisotopic (exact) mass is 297 g/mol. The Morgan fingerprint density at radius 1 is 0.952 bits per heavy atom. The molecular formula is C16H31N3O2. The van der Waals surface area contributed by atoms with Gasteiger partial charge in [0.1, 0.15) is 0 Å². The lowest BCUT2D eigenvalue weighted by Gasteiger charge is -2.36. The van der Waals surface area contributed by atoms with E-state index < -0.39 is 0 Å². The third kappa shape index (κ3) is 5.57. The minimum atomic E-state index is -0.213. The van der Waals surface area contributed by atoms with Crippen molar-refractivity contribution in [2.45, 2.75) is 45.1 Å². The standard InChI is InChI=1S/C16H31N3O2/c1-2-15(20)13-17-9-11-18(12-10-17)14-16(21)19-7-5-3-4-6-8-19/h15,20H,2-14H2,1H3. The van der Waals surface area contributed by atoms with Crippen LogP contribution in [0.25, 0.3) is 0 Å². The smallest absolute Gasteiger partial charge is 0.236 e. The summed E-state index contributed by atoms with van der Waals surface area (Å²) in [7, 11) is 0. The molecule has 0 bridgehead atoms. The zero-order chi connectivity index (χ0) is 15.1. The van der Waals surface area contributed by atoms with Crippen LogP contribution in [0.1, 0.15) is 39.0 Å². The van der Waals surface area contributed by atoms with Crippen molar-refractivity contribution >= 4 is 5.91 Å². The van der Waals surface area contributed by atoms with E-state index in [-0.39, 0.29) is 6.10 Å². The molecule has 2 aliphatic heterocycles. The van der Waals surface area contributed by atoms with Crippen molar-refractivity contribution < 1.29 is 9.90 Å². The molecule has 1 amide bonds. The molecule has 0 radical (unpaired) electrons. The molecule has 0 aliphatic carbocycles. The van der Waals surface area contributed by atoms with E-state index in [4.69, 9.17) is 0 Å². The maximum Gasteiger partial charge on any atom is 0.236 e. The first kappa shape index (κ1) is 16.7. The van der Waals surface area contributed by atoms with Crippen LogP contribution in [-0.2, 0) is 4.79 Å². The number of hydrogen-bond donors (Lipinski definition) is 1. The largest absolute Gasteiger partial charge is 0.392 e. The summed E-state index contributed by atoms with van der Waals surface area (Å²) in [5.41, 5.74) is 0. The predicted molar refractivity (Wildman–Crippen MR) is 84.2 cm³/mol. The molecule has 0 aromatic heterocycles. The minimum absolute atomic E-state index is 0.213. The van der Waals surface area contributed by atoms with Crippen molar-refractivity contribution in [3.05, 3.63) is 0 Å². The van der Waals surface area contributed by atoms with Crippen molar-refractivity contribution in [1.82, 2.24) is 14.7 Å². The van der Waals surface area contributed by atoms with Gasteiger partial charge in [0.2, 0.25) is 5.91 Å². The SMILES string of the molecule is CCC(O)CN1CCN(CC(=O)N2CCCCCC2)CC1. The molecule has 0 spiro atoms. The molecule has 21 heavy (non-hydrogen) atoms. The Balaban J connectivity index is 1.69. The van der Waals surface area contributed by atoms with Crippen LogP contribution in [0.2, 0.25) is 0 Å². The number of β-amino-alcohol motifs (C(OH)–C–C–N with tert-alkyl or cyclic N) is 1. The Bertz CT molecular complexity index is 309. The van der Waals surface area contributed by atoms with Gasteiger partial charge in [-0.05, 0) is 19.3 Å². The highest BCUT2D eigenvalue weighted by atomic mass is 16.3. The van der Waals surface area contributed by atoms with Crippen molar-refractivity contribution in [3.63, 3.8) is 0 Å². The Labute approximate surface area is 128 Å². The second kappa shape index (κ2) is 8.71. The Hall–Kier alpha value is -0.650. The van der Waals surface area contributed by atoms with Gasteiger partial charge in [-0.2, -0.15) is 0 Å². The highest BCUT2D eigenvalue weighted by Gasteiger charge is 2.22. The molecule has 2 heterocycles. The first-order valence-electron chi connectivity index (χ1n) is 8.59. The molecule has 1 unspecified atom stereocenters. The normalized spacial score (nSPS) is 23.8. The van der Waals surface area contributed by atoms with E-state index in [1.165, 1.54) is 12.8 Å². The molecule has 2 saturated heterocycles. The van der Waals surface area contributed by atoms with Crippen molar-refractivity contribution in [3.8, 4) is 0 Å². The number of hydrogen-bond acceptors (Lipinski definition) is 4. The third-order valence-electron chi connectivity index (χ3n) is 4.72. The lowest BCUT2D eigenvalue weighted by Crippen LogP contribution is -2.51. The predicted octanol–water partition coefficient (Wildman–Crippen LogP) is 0.778. The van der Waals surface area contributed by atoms with E-state index in [0.29, 0.717) is 12.5 Å². The molecule has 1 atom stereocenters. The number of piperazine rings is 1. The maximum atomic E-state index is 12.4. The molecule has 5 nitrogen and oxygen atoms in total. The van der Waals surface area contributed by atoms with Crippen LogP contribution in [0.15, 0.2) is 0 Å². The van der Waals surface area contributed by atoms with Crippen LogP contribution in [-0.4, -0.2) is 84.2 Å². The van der Waals surface area contributed by atoms with E-state index >= 15 is 0 Å². The zero-order valence-corrected chi connectivity index (χ0v) is 13.5. The Kier molecular flexibility index (Phi) is 6.93. The number of amides is 1. The van der Waals surface area contributed by atoms with E-state index in [1.54, 1.807) is 0 Å². The number of aliphatic hydroxyl groups is 1. The van der Waals surface area contributed by atoms with Crippen molar-refractivity contribution in [1.29, 1.82) is 0 Å². The van der Waals surface area contributed by atoms with Crippen LogP contribution in [0.4, 0.5) is 0 Å². The summed E-state index contributed by atoms with van der Waals surface area (Å²) in [5.74, 6) is 0.305. The minimum Gasteiger partial charge on any atom is -0.392 e. The highest BCUT2D eigenvalue weighted by Crippen LogP contribution is 2.11. The van der Waals surface area contributed by atoms with Crippen LogP contribution in [0, 0.1) is 0 Å². The molecule has 1 N–H and O–H groups in total. The average molecular weight is 297 g/mol. The molecule has 2 fully saturated rings. The zero-order valence-electron chi connectivity index (χ0n) is 13.5. The first-order chi connectivity index (χ1) is 10.2. The fraction of sp³-hybridized carbons (Fsp3) is 0.938. The van der Waals surface area contributed by atoms with Crippen LogP contribution < -0.4 is 0 Å². The van der Waals surface area contributed by atoms with E-state index in [9.17, 15) is 9.90 Å². The van der Waals surface area contributed by atoms with Crippen molar-refractivity contribution in [2.75, 3.05) is 52.4 Å². The highest BCUT2D eigenvalue weighted by molar-refractivity contribution is 5.78. The number of carbonyl (C=O) groups excluding carboxylic acids is 1. The van der Waals surface area contributed by atoms with Crippen LogP contribution in [0.3, 0.4) is 0 Å². The number of likely N-dealkylation sites (tertiary alicyclic amines) is 1. The summed E-state index contributed by atoms with van der Waals surface area (Å²) in [4.78, 5) is 19.0. The van der Waals surface area contributed by atoms with Gasteiger partial charge >= 0.3 is 0 Å². The maximum absolute atomic E-state index is 12.4. The molecule has 2 rings (SSSR count). The third-order valence-corrected chi connectivity index (χ3v) is 4.72. The van der Waals surface area contributed by atoms with Gasteiger partial charge in [-0.25, -0.2) is 0 Å². The summed E-state index contributed by atoms with van der Waals surface area (Å²) < 4.78 is 0. The van der Waals surface area contributed by atoms with Crippen molar-refractivity contribution in [2.24, 2.45) is 0 Å². The van der Waals surface area contributed by atoms with E-state index in [1.807, 2.05) is 6.92 Å². The summed E-state index contributed by atoms with van der Waals surface area (Å²) in [6.07, 6.45) is 5.45. The first-order valence-corrected chi connectivity index (χ1v) is 8.59. The molecule has 2 aliphatic rings. The Morgan fingerprint density at radius 3 is 2.10 bits per heavy atom. The molecule has 0 aromatic rings. The average Bonchev–Trinajstić information content (AvgIpc) is 2.78. The van der Waals surface area contributed by atoms with Gasteiger partial charge in [-0.1, -0.05) is 19.8 Å². The van der Waals surface area contributed by atoms with Gasteiger partial charge in [0.15, 0.2) is 0 Å². The van der Waals surface area contributed by atoms with Crippen LogP contribution in [0.5, 0.6) is 0 Å². The molecule has 0 saturated carbocycles. The van der Waals surface area contributed by atoms with E-state index in [0.717, 1.165) is 65.1 Å². The Morgan fingerprint density at radius 2 is 1.52 bits per heavy atom. The summed E-state index contributed by atoms with van der Waals surface area (Å²) in [5, 5.41) is 9.70. The topological polar surface area (TPSA) is 47.0 Å². The van der Waals surface area contributed by atoms with Gasteiger partial charge in [0.05, 0.1) is 12.6 Å². The fourth-order valence-electron chi connectivity index (χ4n) is 3.17. The number of rotatable bonds is 5. The molecule has 5 heteroatoms. The number of aliphatic hydroxyl groups excluding tert-OH is 1. The second-order valence-electron chi connectivity index (χ2n) is 6.43.